The van der Waals surface area contributed by atoms with Crippen LogP contribution in [0.5, 0.6) is 0 Å². The number of hydrogen-bond donors (Lipinski definition) is 1. The van der Waals surface area contributed by atoms with E-state index in [2.05, 4.69) is 60.8 Å². The van der Waals surface area contributed by atoms with E-state index in [0.717, 1.165) is 25.8 Å². The van der Waals surface area contributed by atoms with Crippen molar-refractivity contribution in [2.75, 3.05) is 13.6 Å². The summed E-state index contributed by atoms with van der Waals surface area (Å²) < 4.78 is 0. The van der Waals surface area contributed by atoms with Gasteiger partial charge in [0.1, 0.15) is 0 Å². The molecule has 0 aromatic carbocycles. The summed E-state index contributed by atoms with van der Waals surface area (Å²) in [7, 11) is 2.01. The van der Waals surface area contributed by atoms with E-state index in [1.807, 2.05) is 7.05 Å². The van der Waals surface area contributed by atoms with Crippen LogP contribution in [0.2, 0.25) is 0 Å². The van der Waals surface area contributed by atoms with E-state index in [-0.39, 0.29) is 0 Å². The minimum atomic E-state index is 1.06. The highest BCUT2D eigenvalue weighted by Gasteiger charge is 1.83. The summed E-state index contributed by atoms with van der Waals surface area (Å²) >= 11 is 0. The van der Waals surface area contributed by atoms with Crippen LogP contribution in [0.4, 0.5) is 0 Å². The first kappa shape index (κ1) is 20.9. The van der Waals surface area contributed by atoms with Gasteiger partial charge in [0.05, 0.1) is 0 Å². The molecule has 0 amide bonds. The molecule has 0 aliphatic heterocycles. The summed E-state index contributed by atoms with van der Waals surface area (Å²) in [5.41, 5.74) is 0. The Morgan fingerprint density at radius 3 is 1.50 bits per heavy atom. The monoisotopic (exact) mass is 303 g/mol. The first-order valence-corrected chi connectivity index (χ1v) is 9.16. The van der Waals surface area contributed by atoms with Crippen molar-refractivity contribution in [2.24, 2.45) is 0 Å². The van der Waals surface area contributed by atoms with Gasteiger partial charge in [-0.3, -0.25) is 0 Å². The molecule has 0 aliphatic rings. The molecule has 0 atom stereocenters. The Bertz CT molecular complexity index is 310. The standard InChI is InChI=1S/C21H37N/c1-3-4-5-6-7-8-9-10-11-12-13-14-15-16-17-18-19-20-21-22-2/h7-8,10-11,13-14,16-17,22H,3-6,9,12,15,18-21H2,1-2H3/b8-7-,11-10-,14-13-,17-16-. The lowest BCUT2D eigenvalue weighted by molar-refractivity contribution is 0.684. The highest BCUT2D eigenvalue weighted by atomic mass is 14.8. The van der Waals surface area contributed by atoms with Crippen molar-refractivity contribution in [3.8, 4) is 0 Å². The Labute approximate surface area is 139 Å². The third-order valence-corrected chi connectivity index (χ3v) is 3.51. The van der Waals surface area contributed by atoms with Crippen molar-refractivity contribution in [3.63, 3.8) is 0 Å². The maximum Gasteiger partial charge on any atom is -0.00518 e. The van der Waals surface area contributed by atoms with Gasteiger partial charge in [0.25, 0.3) is 0 Å². The summed E-state index contributed by atoms with van der Waals surface area (Å²) in [6.07, 6.45) is 30.4. The lowest BCUT2D eigenvalue weighted by atomic mass is 10.2. The normalized spacial score (nSPS) is 12.6. The van der Waals surface area contributed by atoms with Gasteiger partial charge in [-0.2, -0.15) is 0 Å². The van der Waals surface area contributed by atoms with Gasteiger partial charge in [0, 0.05) is 0 Å². The Hall–Kier alpha value is -1.08. The highest BCUT2D eigenvalue weighted by Crippen LogP contribution is 2.01. The number of rotatable bonds is 15. The Balaban J connectivity index is 3.35. The van der Waals surface area contributed by atoms with Crippen LogP contribution in [0.15, 0.2) is 48.6 Å². The molecule has 0 aromatic heterocycles. The third-order valence-electron chi connectivity index (χ3n) is 3.51. The van der Waals surface area contributed by atoms with E-state index >= 15 is 0 Å². The maximum atomic E-state index is 3.18. The van der Waals surface area contributed by atoms with Gasteiger partial charge < -0.3 is 5.32 Å². The largest absolute Gasteiger partial charge is 0.320 e. The zero-order chi connectivity index (χ0) is 16.1. The Morgan fingerprint density at radius 2 is 1.05 bits per heavy atom. The van der Waals surface area contributed by atoms with Gasteiger partial charge in [-0.05, 0) is 65.0 Å². The van der Waals surface area contributed by atoms with E-state index < -0.39 is 0 Å². The van der Waals surface area contributed by atoms with Crippen LogP contribution in [-0.2, 0) is 0 Å². The van der Waals surface area contributed by atoms with Gasteiger partial charge in [0.2, 0.25) is 0 Å². The molecule has 1 N–H and O–H groups in total. The minimum absolute atomic E-state index is 1.06. The molecule has 0 fully saturated rings. The Morgan fingerprint density at radius 1 is 0.591 bits per heavy atom. The van der Waals surface area contributed by atoms with Crippen molar-refractivity contribution >= 4 is 0 Å². The lowest BCUT2D eigenvalue weighted by Crippen LogP contribution is -2.06. The molecule has 1 nitrogen and oxygen atoms in total. The van der Waals surface area contributed by atoms with Crippen LogP contribution in [0.3, 0.4) is 0 Å². The molecule has 0 aromatic rings. The minimum Gasteiger partial charge on any atom is -0.320 e. The zero-order valence-corrected chi connectivity index (χ0v) is 14.9. The topological polar surface area (TPSA) is 12.0 Å². The smallest absolute Gasteiger partial charge is 0.00518 e. The van der Waals surface area contributed by atoms with Crippen LogP contribution in [0.1, 0.15) is 71.1 Å². The average molecular weight is 304 g/mol. The molecule has 126 valence electrons. The van der Waals surface area contributed by atoms with Crippen molar-refractivity contribution in [3.05, 3.63) is 48.6 Å². The molecule has 0 bridgehead atoms. The van der Waals surface area contributed by atoms with Crippen LogP contribution in [0, 0.1) is 0 Å². The molecular weight excluding hydrogens is 266 g/mol. The van der Waals surface area contributed by atoms with Crippen LogP contribution in [-0.4, -0.2) is 13.6 Å². The molecule has 22 heavy (non-hydrogen) atoms. The quantitative estimate of drug-likeness (QED) is 0.274. The fraction of sp³-hybridized carbons (Fsp3) is 0.619. The zero-order valence-electron chi connectivity index (χ0n) is 14.9. The fourth-order valence-electron chi connectivity index (χ4n) is 2.12. The predicted octanol–water partition coefficient (Wildman–Crippen LogP) is 6.35. The van der Waals surface area contributed by atoms with Crippen molar-refractivity contribution in [2.45, 2.75) is 71.1 Å². The second-order valence-electron chi connectivity index (χ2n) is 5.69. The van der Waals surface area contributed by atoms with Crippen LogP contribution < -0.4 is 5.32 Å². The van der Waals surface area contributed by atoms with Gasteiger partial charge >= 0.3 is 0 Å². The SMILES string of the molecule is CCCCC/C=C\C/C=C\C/C=C\C/C=C\CCCCNC. The van der Waals surface area contributed by atoms with E-state index in [1.165, 1.54) is 44.9 Å². The number of allylic oxidation sites excluding steroid dienone is 8. The highest BCUT2D eigenvalue weighted by molar-refractivity contribution is 4.99. The van der Waals surface area contributed by atoms with Gasteiger partial charge in [-0.1, -0.05) is 68.4 Å². The first-order chi connectivity index (χ1) is 10.9. The lowest BCUT2D eigenvalue weighted by Gasteiger charge is -1.95. The van der Waals surface area contributed by atoms with E-state index in [9.17, 15) is 0 Å². The molecule has 0 unspecified atom stereocenters. The van der Waals surface area contributed by atoms with Crippen LogP contribution in [0.25, 0.3) is 0 Å². The van der Waals surface area contributed by atoms with E-state index in [1.54, 1.807) is 0 Å². The average Bonchev–Trinajstić information content (AvgIpc) is 2.54. The molecule has 0 saturated carbocycles. The first-order valence-electron chi connectivity index (χ1n) is 9.16. The van der Waals surface area contributed by atoms with Crippen molar-refractivity contribution in [1.29, 1.82) is 0 Å². The second kappa shape index (κ2) is 19.9. The molecule has 0 spiro atoms. The summed E-state index contributed by atoms with van der Waals surface area (Å²) in [6, 6.07) is 0. The summed E-state index contributed by atoms with van der Waals surface area (Å²) in [5, 5.41) is 3.18. The molecule has 0 radical (unpaired) electrons. The molecule has 1 heteroatoms. The summed E-state index contributed by atoms with van der Waals surface area (Å²) in [5.74, 6) is 0. The maximum absolute atomic E-state index is 3.18. The second-order valence-corrected chi connectivity index (χ2v) is 5.69. The molecule has 0 aliphatic carbocycles. The molecule has 0 heterocycles. The number of unbranched alkanes of at least 4 members (excludes halogenated alkanes) is 5. The molecular formula is C21H37N. The molecule has 0 saturated heterocycles. The van der Waals surface area contributed by atoms with Gasteiger partial charge in [-0.25, -0.2) is 0 Å². The fourth-order valence-corrected chi connectivity index (χ4v) is 2.12. The number of hydrogen-bond acceptors (Lipinski definition) is 1. The summed E-state index contributed by atoms with van der Waals surface area (Å²) in [6.45, 7) is 3.38. The van der Waals surface area contributed by atoms with E-state index in [0.29, 0.717) is 0 Å². The van der Waals surface area contributed by atoms with Gasteiger partial charge in [-0.15, -0.1) is 0 Å². The summed E-state index contributed by atoms with van der Waals surface area (Å²) in [4.78, 5) is 0. The molecule has 0 rings (SSSR count). The third kappa shape index (κ3) is 18.9. The Kier molecular flexibility index (Phi) is 18.9. The number of nitrogens with one attached hydrogen (secondary N) is 1. The van der Waals surface area contributed by atoms with Crippen molar-refractivity contribution in [1.82, 2.24) is 5.32 Å². The van der Waals surface area contributed by atoms with E-state index in [4.69, 9.17) is 0 Å². The van der Waals surface area contributed by atoms with Gasteiger partial charge in [0.15, 0.2) is 0 Å². The van der Waals surface area contributed by atoms with Crippen LogP contribution >= 0.6 is 0 Å². The predicted molar refractivity (Wildman–Crippen MR) is 102 cm³/mol. The van der Waals surface area contributed by atoms with Crippen molar-refractivity contribution < 1.29 is 0 Å².